The molecule has 0 aliphatic carbocycles. The lowest BCUT2D eigenvalue weighted by Crippen LogP contribution is -2.23. The maximum atomic E-state index is 13.2. The zero-order valence-corrected chi connectivity index (χ0v) is 14.3. The number of rotatable bonds is 5. The SMILES string of the molecule is CCNC(Cc1ccc(F)cc1C)c1ccc(C)cc1Br. The van der Waals surface area contributed by atoms with Gasteiger partial charge in [-0.2, -0.15) is 0 Å². The highest BCUT2D eigenvalue weighted by atomic mass is 79.9. The summed E-state index contributed by atoms with van der Waals surface area (Å²) in [6, 6.07) is 11.7. The van der Waals surface area contributed by atoms with Crippen molar-refractivity contribution in [2.45, 2.75) is 33.2 Å². The third-order valence-corrected chi connectivity index (χ3v) is 4.40. The summed E-state index contributed by atoms with van der Waals surface area (Å²) in [7, 11) is 0. The molecule has 2 aromatic carbocycles. The normalized spacial score (nSPS) is 12.4. The van der Waals surface area contributed by atoms with E-state index in [4.69, 9.17) is 0 Å². The predicted molar refractivity (Wildman–Crippen MR) is 90.1 cm³/mol. The van der Waals surface area contributed by atoms with Gasteiger partial charge in [-0.25, -0.2) is 4.39 Å². The van der Waals surface area contributed by atoms with Crippen LogP contribution < -0.4 is 5.32 Å². The molecule has 0 fully saturated rings. The van der Waals surface area contributed by atoms with E-state index in [2.05, 4.69) is 53.3 Å². The van der Waals surface area contributed by atoms with Crippen molar-refractivity contribution >= 4 is 15.9 Å². The fraction of sp³-hybridized carbons (Fsp3) is 0.333. The largest absolute Gasteiger partial charge is 0.310 e. The molecule has 0 aromatic heterocycles. The van der Waals surface area contributed by atoms with Gasteiger partial charge >= 0.3 is 0 Å². The van der Waals surface area contributed by atoms with Gasteiger partial charge in [0.1, 0.15) is 5.82 Å². The Morgan fingerprint density at radius 3 is 2.52 bits per heavy atom. The molecule has 21 heavy (non-hydrogen) atoms. The summed E-state index contributed by atoms with van der Waals surface area (Å²) in [5.41, 5.74) is 4.65. The second kappa shape index (κ2) is 7.19. The molecular formula is C18H21BrFN. The molecule has 1 atom stereocenters. The van der Waals surface area contributed by atoms with E-state index in [1.807, 2.05) is 13.0 Å². The van der Waals surface area contributed by atoms with E-state index in [-0.39, 0.29) is 11.9 Å². The smallest absolute Gasteiger partial charge is 0.123 e. The average Bonchev–Trinajstić information content (AvgIpc) is 2.41. The molecule has 1 N–H and O–H groups in total. The van der Waals surface area contributed by atoms with Crippen molar-refractivity contribution in [2.75, 3.05) is 6.54 Å². The van der Waals surface area contributed by atoms with E-state index in [0.717, 1.165) is 23.0 Å². The van der Waals surface area contributed by atoms with Crippen LogP contribution in [0.2, 0.25) is 0 Å². The number of aryl methyl sites for hydroxylation is 2. The Labute approximate surface area is 134 Å². The van der Waals surface area contributed by atoms with Crippen molar-refractivity contribution in [3.05, 3.63) is 68.9 Å². The lowest BCUT2D eigenvalue weighted by molar-refractivity contribution is 0.545. The van der Waals surface area contributed by atoms with Crippen LogP contribution in [0, 0.1) is 19.7 Å². The van der Waals surface area contributed by atoms with Crippen LogP contribution in [0.25, 0.3) is 0 Å². The highest BCUT2D eigenvalue weighted by Crippen LogP contribution is 2.28. The molecule has 0 bridgehead atoms. The van der Waals surface area contributed by atoms with E-state index in [1.165, 1.54) is 22.8 Å². The maximum Gasteiger partial charge on any atom is 0.123 e. The van der Waals surface area contributed by atoms with Gasteiger partial charge in [0, 0.05) is 10.5 Å². The second-order valence-electron chi connectivity index (χ2n) is 5.41. The van der Waals surface area contributed by atoms with Crippen LogP contribution in [0.5, 0.6) is 0 Å². The number of halogens is 2. The lowest BCUT2D eigenvalue weighted by Gasteiger charge is -2.21. The minimum atomic E-state index is -0.173. The quantitative estimate of drug-likeness (QED) is 0.791. The Hall–Kier alpha value is -1.19. The fourth-order valence-electron chi connectivity index (χ4n) is 2.56. The molecule has 2 rings (SSSR count). The Morgan fingerprint density at radius 2 is 1.90 bits per heavy atom. The molecule has 112 valence electrons. The molecule has 3 heteroatoms. The number of nitrogens with one attached hydrogen (secondary N) is 1. The number of benzene rings is 2. The summed E-state index contributed by atoms with van der Waals surface area (Å²) >= 11 is 3.66. The standard InChI is InChI=1S/C18H21BrFN/c1-4-21-18(16-8-5-12(2)9-17(16)19)11-14-6-7-15(20)10-13(14)3/h5-10,18,21H,4,11H2,1-3H3. The summed E-state index contributed by atoms with van der Waals surface area (Å²) in [4.78, 5) is 0. The summed E-state index contributed by atoms with van der Waals surface area (Å²) in [5.74, 6) is -0.173. The molecule has 0 aliphatic heterocycles. The number of hydrogen-bond acceptors (Lipinski definition) is 1. The number of likely N-dealkylation sites (N-methyl/N-ethyl adjacent to an activating group) is 1. The van der Waals surface area contributed by atoms with Crippen LogP contribution in [-0.4, -0.2) is 6.54 Å². The van der Waals surface area contributed by atoms with Crippen LogP contribution >= 0.6 is 15.9 Å². The first-order valence-electron chi connectivity index (χ1n) is 7.25. The van der Waals surface area contributed by atoms with Crippen LogP contribution in [0.4, 0.5) is 4.39 Å². The van der Waals surface area contributed by atoms with Gasteiger partial charge in [0.15, 0.2) is 0 Å². The van der Waals surface area contributed by atoms with E-state index < -0.39 is 0 Å². The second-order valence-corrected chi connectivity index (χ2v) is 6.26. The summed E-state index contributed by atoms with van der Waals surface area (Å²) in [5, 5.41) is 3.53. The highest BCUT2D eigenvalue weighted by molar-refractivity contribution is 9.10. The van der Waals surface area contributed by atoms with Crippen LogP contribution in [-0.2, 0) is 6.42 Å². The molecule has 0 amide bonds. The fourth-order valence-corrected chi connectivity index (χ4v) is 3.33. The van der Waals surface area contributed by atoms with Crippen LogP contribution in [0.1, 0.15) is 35.2 Å². The molecule has 1 unspecified atom stereocenters. The summed E-state index contributed by atoms with van der Waals surface area (Å²) in [6.07, 6.45) is 0.849. The molecule has 0 spiro atoms. The van der Waals surface area contributed by atoms with E-state index in [0.29, 0.717) is 0 Å². The molecule has 0 saturated carbocycles. The average molecular weight is 350 g/mol. The molecule has 1 nitrogen and oxygen atoms in total. The van der Waals surface area contributed by atoms with E-state index in [1.54, 1.807) is 6.07 Å². The first-order chi connectivity index (χ1) is 10.0. The highest BCUT2D eigenvalue weighted by Gasteiger charge is 2.15. The Morgan fingerprint density at radius 1 is 1.14 bits per heavy atom. The summed E-state index contributed by atoms with van der Waals surface area (Å²) < 4.78 is 14.4. The van der Waals surface area contributed by atoms with Crippen LogP contribution in [0.15, 0.2) is 40.9 Å². The molecule has 0 radical (unpaired) electrons. The lowest BCUT2D eigenvalue weighted by atomic mass is 9.95. The molecule has 0 heterocycles. The molecule has 2 aromatic rings. The monoisotopic (exact) mass is 349 g/mol. The topological polar surface area (TPSA) is 12.0 Å². The zero-order chi connectivity index (χ0) is 15.4. The molecule has 0 saturated heterocycles. The minimum Gasteiger partial charge on any atom is -0.310 e. The molecular weight excluding hydrogens is 329 g/mol. The zero-order valence-electron chi connectivity index (χ0n) is 12.7. The number of hydrogen-bond donors (Lipinski definition) is 1. The van der Waals surface area contributed by atoms with Crippen molar-refractivity contribution in [1.82, 2.24) is 5.32 Å². The minimum absolute atomic E-state index is 0.173. The van der Waals surface area contributed by atoms with Gasteiger partial charge in [0.05, 0.1) is 0 Å². The van der Waals surface area contributed by atoms with Gasteiger partial charge in [-0.1, -0.05) is 41.1 Å². The van der Waals surface area contributed by atoms with Gasteiger partial charge in [-0.3, -0.25) is 0 Å². The maximum absolute atomic E-state index is 13.2. The molecule has 0 aliphatic rings. The van der Waals surface area contributed by atoms with Crippen LogP contribution in [0.3, 0.4) is 0 Å². The van der Waals surface area contributed by atoms with Crippen molar-refractivity contribution in [3.8, 4) is 0 Å². The van der Waals surface area contributed by atoms with Gasteiger partial charge < -0.3 is 5.32 Å². The Balaban J connectivity index is 2.30. The first-order valence-corrected chi connectivity index (χ1v) is 8.05. The van der Waals surface area contributed by atoms with Gasteiger partial charge in [0.25, 0.3) is 0 Å². The van der Waals surface area contributed by atoms with E-state index in [9.17, 15) is 4.39 Å². The predicted octanol–water partition coefficient (Wildman–Crippen LogP) is 5.10. The van der Waals surface area contributed by atoms with E-state index >= 15 is 0 Å². The third kappa shape index (κ3) is 4.14. The summed E-state index contributed by atoms with van der Waals surface area (Å²) in [6.45, 7) is 7.05. The Bertz CT molecular complexity index is 625. The van der Waals surface area contributed by atoms with Crippen molar-refractivity contribution < 1.29 is 4.39 Å². The van der Waals surface area contributed by atoms with Crippen molar-refractivity contribution in [2.24, 2.45) is 0 Å². The Kier molecular flexibility index (Phi) is 5.54. The first kappa shape index (κ1) is 16.2. The van der Waals surface area contributed by atoms with Gasteiger partial charge in [-0.15, -0.1) is 0 Å². The van der Waals surface area contributed by atoms with Gasteiger partial charge in [0.2, 0.25) is 0 Å². The van der Waals surface area contributed by atoms with Crippen molar-refractivity contribution in [1.29, 1.82) is 0 Å². The van der Waals surface area contributed by atoms with Crippen molar-refractivity contribution in [3.63, 3.8) is 0 Å². The van der Waals surface area contributed by atoms with Gasteiger partial charge in [-0.05, 0) is 67.3 Å². The third-order valence-electron chi connectivity index (χ3n) is 3.71.